The number of hydrogen-bond donors (Lipinski definition) is 1. The summed E-state index contributed by atoms with van der Waals surface area (Å²) in [5, 5.41) is 0. The minimum atomic E-state index is -2.91. The Morgan fingerprint density at radius 3 is 2.57 bits per heavy atom. The highest BCUT2D eigenvalue weighted by atomic mass is 19.3. The van der Waals surface area contributed by atoms with E-state index in [1.54, 1.807) is 0 Å². The summed E-state index contributed by atoms with van der Waals surface area (Å²) in [5.41, 5.74) is 2.87. The van der Waals surface area contributed by atoms with E-state index >= 15 is 0 Å². The van der Waals surface area contributed by atoms with Gasteiger partial charge in [-0.3, -0.25) is 9.69 Å². The summed E-state index contributed by atoms with van der Waals surface area (Å²) in [6, 6.07) is 7.06. The van der Waals surface area contributed by atoms with Gasteiger partial charge in [0.05, 0.1) is 18.2 Å². The zero-order valence-electron chi connectivity index (χ0n) is 15.4. The molecule has 1 aromatic carbocycles. The predicted octanol–water partition coefficient (Wildman–Crippen LogP) is 3.59. The van der Waals surface area contributed by atoms with Crippen molar-refractivity contribution in [2.45, 2.75) is 12.0 Å². The number of amides is 1. The monoisotopic (exact) mass is 418 g/mol. The standard InChI is InChI=1S/C20H14F4N4O2/c1-28-18(29)20(27-19(28)25,15-4-2-3-14(26-15)17(23)24)11-7-12(10-5-6-30-9-10)16(22)13(21)8-11/h2-9,17H,1H3,(H2,25,27). The molecule has 0 saturated carbocycles. The van der Waals surface area contributed by atoms with Gasteiger partial charge in [-0.25, -0.2) is 27.5 Å². The molecule has 2 N–H and O–H groups in total. The van der Waals surface area contributed by atoms with Crippen LogP contribution in [0.25, 0.3) is 11.1 Å². The molecule has 4 rings (SSSR count). The predicted molar refractivity (Wildman–Crippen MR) is 98.4 cm³/mol. The number of nitrogens with two attached hydrogens (primary N) is 1. The molecule has 0 bridgehead atoms. The number of benzene rings is 1. The minimum Gasteiger partial charge on any atom is -0.472 e. The first-order chi connectivity index (χ1) is 14.3. The summed E-state index contributed by atoms with van der Waals surface area (Å²) in [4.78, 5) is 22.2. The lowest BCUT2D eigenvalue weighted by molar-refractivity contribution is -0.129. The fourth-order valence-corrected chi connectivity index (χ4v) is 3.34. The van der Waals surface area contributed by atoms with Crippen molar-refractivity contribution in [1.29, 1.82) is 0 Å². The van der Waals surface area contributed by atoms with Gasteiger partial charge >= 0.3 is 0 Å². The van der Waals surface area contributed by atoms with Gasteiger partial charge in [-0.15, -0.1) is 0 Å². The summed E-state index contributed by atoms with van der Waals surface area (Å²) >= 11 is 0. The zero-order chi connectivity index (χ0) is 21.6. The van der Waals surface area contributed by atoms with E-state index in [0.29, 0.717) is 0 Å². The number of pyridine rings is 1. The average molecular weight is 418 g/mol. The van der Waals surface area contributed by atoms with Gasteiger partial charge in [-0.1, -0.05) is 6.07 Å². The van der Waals surface area contributed by atoms with E-state index in [0.717, 1.165) is 17.0 Å². The Bertz CT molecular complexity index is 1160. The molecule has 3 aromatic rings. The topological polar surface area (TPSA) is 84.7 Å². The Kier molecular flexibility index (Phi) is 4.56. The molecular formula is C20H14F4N4O2. The SMILES string of the molecule is CN1C(=O)C(c2cc(F)c(F)c(-c3ccoc3)c2)(c2cccc(C(F)F)n2)N=C1N. The second kappa shape index (κ2) is 6.97. The van der Waals surface area contributed by atoms with Crippen LogP contribution in [0.3, 0.4) is 0 Å². The first-order valence-corrected chi connectivity index (χ1v) is 8.67. The van der Waals surface area contributed by atoms with E-state index in [4.69, 9.17) is 10.2 Å². The molecule has 0 fully saturated rings. The van der Waals surface area contributed by atoms with Crippen LogP contribution in [0.4, 0.5) is 17.6 Å². The van der Waals surface area contributed by atoms with Crippen molar-refractivity contribution in [2.75, 3.05) is 7.05 Å². The third-order valence-corrected chi connectivity index (χ3v) is 4.88. The van der Waals surface area contributed by atoms with Crippen LogP contribution in [0, 0.1) is 11.6 Å². The fraction of sp³-hybridized carbons (Fsp3) is 0.150. The van der Waals surface area contributed by atoms with Crippen LogP contribution in [-0.4, -0.2) is 28.8 Å². The van der Waals surface area contributed by atoms with E-state index in [9.17, 15) is 22.4 Å². The number of likely N-dealkylation sites (N-methyl/N-ethyl adjacent to an activating group) is 1. The van der Waals surface area contributed by atoms with Gasteiger partial charge < -0.3 is 10.2 Å². The van der Waals surface area contributed by atoms with Crippen LogP contribution in [0.15, 0.2) is 58.3 Å². The summed E-state index contributed by atoms with van der Waals surface area (Å²) in [6.45, 7) is 0. The van der Waals surface area contributed by atoms with E-state index in [2.05, 4.69) is 9.98 Å². The highest BCUT2D eigenvalue weighted by molar-refractivity contribution is 6.08. The van der Waals surface area contributed by atoms with Gasteiger partial charge in [-0.2, -0.15) is 0 Å². The van der Waals surface area contributed by atoms with Crippen molar-refractivity contribution in [3.05, 3.63) is 77.5 Å². The molecule has 2 aromatic heterocycles. The van der Waals surface area contributed by atoms with Crippen molar-refractivity contribution < 1.29 is 26.8 Å². The Labute approximate surface area is 167 Å². The molecule has 3 heterocycles. The smallest absolute Gasteiger partial charge is 0.280 e. The van der Waals surface area contributed by atoms with E-state index in [-0.39, 0.29) is 28.3 Å². The van der Waals surface area contributed by atoms with Crippen molar-refractivity contribution in [3.63, 3.8) is 0 Å². The van der Waals surface area contributed by atoms with Gasteiger partial charge in [0.1, 0.15) is 5.69 Å². The first-order valence-electron chi connectivity index (χ1n) is 8.67. The summed E-state index contributed by atoms with van der Waals surface area (Å²) in [7, 11) is 1.33. The minimum absolute atomic E-state index is 0.117. The molecule has 1 aliphatic heterocycles. The molecule has 1 unspecified atom stereocenters. The number of hydrogen-bond acceptors (Lipinski definition) is 5. The number of nitrogens with zero attached hydrogens (tertiary/aromatic N) is 3. The van der Waals surface area contributed by atoms with E-state index in [1.165, 1.54) is 43.8 Å². The molecule has 0 saturated heterocycles. The number of carbonyl (C=O) groups excluding carboxylic acids is 1. The number of aromatic nitrogens is 1. The van der Waals surface area contributed by atoms with Crippen molar-refractivity contribution in [2.24, 2.45) is 10.7 Å². The Balaban J connectivity index is 2.02. The van der Waals surface area contributed by atoms with E-state index in [1.807, 2.05) is 0 Å². The third-order valence-electron chi connectivity index (χ3n) is 4.88. The van der Waals surface area contributed by atoms with Crippen molar-refractivity contribution in [3.8, 4) is 11.1 Å². The summed E-state index contributed by atoms with van der Waals surface area (Å²) < 4.78 is 60.5. The Morgan fingerprint density at radius 2 is 1.97 bits per heavy atom. The van der Waals surface area contributed by atoms with Gasteiger partial charge in [-0.05, 0) is 35.9 Å². The van der Waals surface area contributed by atoms with Crippen LogP contribution < -0.4 is 5.73 Å². The molecule has 1 amide bonds. The summed E-state index contributed by atoms with van der Waals surface area (Å²) in [6.07, 6.45) is -0.443. The quantitative estimate of drug-likeness (QED) is 0.657. The zero-order valence-corrected chi connectivity index (χ0v) is 15.4. The highest BCUT2D eigenvalue weighted by Crippen LogP contribution is 2.41. The molecule has 1 aliphatic rings. The normalized spacial score (nSPS) is 18.9. The maximum Gasteiger partial charge on any atom is 0.280 e. The number of rotatable bonds is 4. The Morgan fingerprint density at radius 1 is 1.20 bits per heavy atom. The second-order valence-electron chi connectivity index (χ2n) is 6.62. The maximum atomic E-state index is 14.5. The first kappa shape index (κ1) is 19.6. The van der Waals surface area contributed by atoms with Crippen molar-refractivity contribution in [1.82, 2.24) is 9.88 Å². The van der Waals surface area contributed by atoms with Crippen LogP contribution in [0.5, 0.6) is 0 Å². The van der Waals surface area contributed by atoms with Crippen LogP contribution in [0.1, 0.15) is 23.4 Å². The molecular weight excluding hydrogens is 404 g/mol. The number of furan rings is 1. The second-order valence-corrected chi connectivity index (χ2v) is 6.62. The lowest BCUT2D eigenvalue weighted by Gasteiger charge is -2.26. The van der Waals surface area contributed by atoms with Gasteiger partial charge in [0.15, 0.2) is 17.6 Å². The molecule has 0 radical (unpaired) electrons. The average Bonchev–Trinajstić information content (AvgIpc) is 3.34. The van der Waals surface area contributed by atoms with Crippen LogP contribution in [-0.2, 0) is 10.3 Å². The molecule has 0 spiro atoms. The number of aliphatic imine (C=N–C) groups is 1. The van der Waals surface area contributed by atoms with Crippen molar-refractivity contribution >= 4 is 11.9 Å². The third kappa shape index (κ3) is 2.83. The van der Waals surface area contributed by atoms with Gasteiger partial charge in [0.2, 0.25) is 5.54 Å². The highest BCUT2D eigenvalue weighted by Gasteiger charge is 2.51. The Hall–Kier alpha value is -3.69. The molecule has 154 valence electrons. The lowest BCUT2D eigenvalue weighted by atomic mass is 9.84. The fourth-order valence-electron chi connectivity index (χ4n) is 3.34. The molecule has 10 heteroatoms. The maximum absolute atomic E-state index is 14.5. The lowest BCUT2D eigenvalue weighted by Crippen LogP contribution is -2.41. The largest absolute Gasteiger partial charge is 0.472 e. The van der Waals surface area contributed by atoms with Gasteiger partial charge in [0.25, 0.3) is 12.3 Å². The summed E-state index contributed by atoms with van der Waals surface area (Å²) in [5.74, 6) is -3.40. The van der Waals surface area contributed by atoms with Crippen LogP contribution >= 0.6 is 0 Å². The molecule has 0 aliphatic carbocycles. The number of carbonyl (C=O) groups is 1. The number of halogens is 4. The molecule has 30 heavy (non-hydrogen) atoms. The van der Waals surface area contributed by atoms with Gasteiger partial charge in [0, 0.05) is 18.2 Å². The van der Waals surface area contributed by atoms with E-state index < -0.39 is 35.2 Å². The van der Waals surface area contributed by atoms with Crippen LogP contribution in [0.2, 0.25) is 0 Å². The molecule has 1 atom stereocenters. The molecule has 6 nitrogen and oxygen atoms in total. The number of guanidine groups is 1. The number of alkyl halides is 2.